The van der Waals surface area contributed by atoms with Crippen molar-refractivity contribution in [3.8, 4) is 0 Å². The Bertz CT molecular complexity index is 323. The molecule has 1 aromatic heterocycles. The molecule has 0 radical (unpaired) electrons. The number of aromatic amines is 1. The molecular weight excluding hydrogens is 194 g/mol. The second-order valence-electron chi connectivity index (χ2n) is 3.91. The van der Waals surface area contributed by atoms with Crippen molar-refractivity contribution in [1.29, 1.82) is 0 Å². The molecule has 0 bridgehead atoms. The number of piperidine rings is 1. The van der Waals surface area contributed by atoms with E-state index in [1.54, 1.807) is 0 Å². The summed E-state index contributed by atoms with van der Waals surface area (Å²) >= 11 is 0. The third kappa shape index (κ3) is 2.53. The molecule has 1 amide bonds. The molecule has 1 aliphatic rings. The summed E-state index contributed by atoms with van der Waals surface area (Å²) in [4.78, 5) is 17.6. The van der Waals surface area contributed by atoms with Crippen LogP contribution in [0, 0.1) is 0 Å². The average Bonchev–Trinajstić information content (AvgIpc) is 2.70. The molecule has 82 valence electrons. The molecule has 1 aliphatic heterocycles. The Balaban J connectivity index is 1.89. The summed E-state index contributed by atoms with van der Waals surface area (Å²) < 4.78 is 0. The summed E-state index contributed by atoms with van der Waals surface area (Å²) in [5.74, 6) is 0.107. The lowest BCUT2D eigenvalue weighted by atomic mass is 10.1. The maximum Gasteiger partial charge on any atom is 0.288 e. The van der Waals surface area contributed by atoms with Crippen molar-refractivity contribution in [1.82, 2.24) is 25.4 Å². The summed E-state index contributed by atoms with van der Waals surface area (Å²) in [6.07, 6.45) is 3.49. The van der Waals surface area contributed by atoms with Crippen molar-refractivity contribution in [2.24, 2.45) is 0 Å². The molecule has 0 spiro atoms. The topological polar surface area (TPSA) is 73.9 Å². The normalized spacial score (nSPS) is 22.6. The van der Waals surface area contributed by atoms with E-state index in [2.05, 4.69) is 32.4 Å². The van der Waals surface area contributed by atoms with E-state index in [1.165, 1.54) is 6.33 Å². The van der Waals surface area contributed by atoms with Crippen LogP contribution >= 0.6 is 0 Å². The zero-order valence-electron chi connectivity index (χ0n) is 8.73. The van der Waals surface area contributed by atoms with Crippen LogP contribution in [0.1, 0.15) is 23.5 Å². The van der Waals surface area contributed by atoms with Gasteiger partial charge in [0.25, 0.3) is 5.91 Å². The number of carbonyl (C=O) groups is 1. The number of likely N-dealkylation sites (tertiary alicyclic amines) is 1. The highest BCUT2D eigenvalue weighted by Crippen LogP contribution is 2.08. The molecule has 0 aliphatic carbocycles. The second kappa shape index (κ2) is 4.39. The lowest BCUT2D eigenvalue weighted by Crippen LogP contribution is -2.46. The maximum absolute atomic E-state index is 11.6. The zero-order chi connectivity index (χ0) is 10.7. The van der Waals surface area contributed by atoms with Crippen molar-refractivity contribution in [2.75, 3.05) is 20.1 Å². The van der Waals surface area contributed by atoms with Gasteiger partial charge in [-0.1, -0.05) is 0 Å². The number of nitrogens with zero attached hydrogens (tertiary/aromatic N) is 3. The summed E-state index contributed by atoms with van der Waals surface area (Å²) in [5.41, 5.74) is 0. The van der Waals surface area contributed by atoms with Crippen LogP contribution in [0.15, 0.2) is 6.33 Å². The van der Waals surface area contributed by atoms with Gasteiger partial charge in [-0.25, -0.2) is 4.98 Å². The Hall–Kier alpha value is -1.43. The first kappa shape index (κ1) is 10.1. The van der Waals surface area contributed by atoms with E-state index in [0.29, 0.717) is 0 Å². The Labute approximate surface area is 88.1 Å². The van der Waals surface area contributed by atoms with Gasteiger partial charge in [0, 0.05) is 12.6 Å². The number of aromatic nitrogens is 3. The Morgan fingerprint density at radius 3 is 3.27 bits per heavy atom. The first-order valence-electron chi connectivity index (χ1n) is 5.10. The van der Waals surface area contributed by atoms with Gasteiger partial charge in [0.1, 0.15) is 6.33 Å². The van der Waals surface area contributed by atoms with Crippen LogP contribution in [0.5, 0.6) is 0 Å². The molecule has 0 aromatic carbocycles. The predicted octanol–water partition coefficient (Wildman–Crippen LogP) is -0.371. The van der Waals surface area contributed by atoms with Gasteiger partial charge in [-0.2, -0.15) is 5.10 Å². The molecular formula is C9H15N5O. The second-order valence-corrected chi connectivity index (χ2v) is 3.91. The van der Waals surface area contributed by atoms with Crippen LogP contribution in [-0.2, 0) is 0 Å². The number of likely N-dealkylation sites (N-methyl/N-ethyl adjacent to an activating group) is 1. The minimum atomic E-state index is -0.173. The first-order valence-corrected chi connectivity index (χ1v) is 5.10. The van der Waals surface area contributed by atoms with E-state index in [9.17, 15) is 4.79 Å². The van der Waals surface area contributed by atoms with Crippen molar-refractivity contribution in [2.45, 2.75) is 18.9 Å². The summed E-state index contributed by atoms with van der Waals surface area (Å²) in [6.45, 7) is 2.01. The van der Waals surface area contributed by atoms with Crippen LogP contribution in [0.4, 0.5) is 0 Å². The van der Waals surface area contributed by atoms with E-state index in [0.717, 1.165) is 25.9 Å². The number of hydrogen-bond donors (Lipinski definition) is 2. The number of amides is 1. The monoisotopic (exact) mass is 209 g/mol. The van der Waals surface area contributed by atoms with Gasteiger partial charge in [-0.15, -0.1) is 0 Å². The van der Waals surface area contributed by atoms with E-state index < -0.39 is 0 Å². The highest BCUT2D eigenvalue weighted by Gasteiger charge is 2.20. The quantitative estimate of drug-likeness (QED) is 0.697. The van der Waals surface area contributed by atoms with Gasteiger partial charge in [-0.05, 0) is 26.4 Å². The minimum Gasteiger partial charge on any atom is -0.345 e. The number of H-pyrrole nitrogens is 1. The van der Waals surface area contributed by atoms with Crippen LogP contribution in [0.2, 0.25) is 0 Å². The number of hydrogen-bond acceptors (Lipinski definition) is 4. The summed E-state index contributed by atoms with van der Waals surface area (Å²) in [6, 6.07) is 0.223. The SMILES string of the molecule is CN1CCCC(NC(=O)c2ncn[nH]2)C1. The van der Waals surface area contributed by atoms with Gasteiger partial charge in [0.15, 0.2) is 0 Å². The fourth-order valence-electron chi connectivity index (χ4n) is 1.85. The fraction of sp³-hybridized carbons (Fsp3) is 0.667. The highest BCUT2D eigenvalue weighted by atomic mass is 16.2. The minimum absolute atomic E-state index is 0.173. The molecule has 1 unspecified atom stereocenters. The third-order valence-electron chi connectivity index (χ3n) is 2.59. The molecule has 0 saturated carbocycles. The van der Waals surface area contributed by atoms with Crippen LogP contribution in [-0.4, -0.2) is 52.2 Å². The van der Waals surface area contributed by atoms with Crippen LogP contribution in [0.3, 0.4) is 0 Å². The molecule has 2 rings (SSSR count). The molecule has 1 fully saturated rings. The van der Waals surface area contributed by atoms with E-state index >= 15 is 0 Å². The molecule has 1 atom stereocenters. The van der Waals surface area contributed by atoms with Gasteiger partial charge < -0.3 is 10.2 Å². The Morgan fingerprint density at radius 1 is 1.73 bits per heavy atom. The maximum atomic E-state index is 11.6. The third-order valence-corrected chi connectivity index (χ3v) is 2.59. The standard InChI is InChI=1S/C9H15N5O/c1-14-4-2-3-7(5-14)12-9(15)8-10-6-11-13-8/h6-7H,2-5H2,1H3,(H,12,15)(H,10,11,13). The molecule has 2 N–H and O–H groups in total. The Morgan fingerprint density at radius 2 is 2.60 bits per heavy atom. The summed E-state index contributed by atoms with van der Waals surface area (Å²) in [7, 11) is 2.06. The number of nitrogens with one attached hydrogen (secondary N) is 2. The van der Waals surface area contributed by atoms with Crippen molar-refractivity contribution in [3.63, 3.8) is 0 Å². The predicted molar refractivity (Wildman–Crippen MR) is 54.4 cm³/mol. The van der Waals surface area contributed by atoms with Gasteiger partial charge in [0.2, 0.25) is 5.82 Å². The largest absolute Gasteiger partial charge is 0.345 e. The van der Waals surface area contributed by atoms with Crippen molar-refractivity contribution < 1.29 is 4.79 Å². The van der Waals surface area contributed by atoms with Gasteiger partial charge in [0.05, 0.1) is 0 Å². The van der Waals surface area contributed by atoms with E-state index in [4.69, 9.17) is 0 Å². The number of rotatable bonds is 2. The highest BCUT2D eigenvalue weighted by molar-refractivity contribution is 5.90. The molecule has 1 aromatic rings. The lowest BCUT2D eigenvalue weighted by Gasteiger charge is -2.29. The molecule has 6 heteroatoms. The van der Waals surface area contributed by atoms with E-state index in [-0.39, 0.29) is 17.8 Å². The Kier molecular flexibility index (Phi) is 2.96. The van der Waals surface area contributed by atoms with Crippen molar-refractivity contribution >= 4 is 5.91 Å². The smallest absolute Gasteiger partial charge is 0.288 e. The fourth-order valence-corrected chi connectivity index (χ4v) is 1.85. The average molecular weight is 209 g/mol. The molecule has 1 saturated heterocycles. The summed E-state index contributed by atoms with van der Waals surface area (Å²) in [5, 5.41) is 9.13. The molecule has 15 heavy (non-hydrogen) atoms. The van der Waals surface area contributed by atoms with Crippen LogP contribution < -0.4 is 5.32 Å². The van der Waals surface area contributed by atoms with Crippen LogP contribution in [0.25, 0.3) is 0 Å². The van der Waals surface area contributed by atoms with Gasteiger partial charge >= 0.3 is 0 Å². The lowest BCUT2D eigenvalue weighted by molar-refractivity contribution is 0.0902. The van der Waals surface area contributed by atoms with E-state index in [1.807, 2.05) is 0 Å². The molecule has 6 nitrogen and oxygen atoms in total. The molecule has 2 heterocycles. The number of carbonyl (C=O) groups excluding carboxylic acids is 1. The van der Waals surface area contributed by atoms with Crippen molar-refractivity contribution in [3.05, 3.63) is 12.2 Å². The zero-order valence-corrected chi connectivity index (χ0v) is 8.73. The first-order chi connectivity index (χ1) is 7.25. The van der Waals surface area contributed by atoms with Gasteiger partial charge in [-0.3, -0.25) is 9.89 Å².